The van der Waals surface area contributed by atoms with Crippen molar-refractivity contribution < 1.29 is 4.74 Å². The predicted octanol–water partition coefficient (Wildman–Crippen LogP) is 4.88. The Balaban J connectivity index is 1.65. The van der Waals surface area contributed by atoms with Crippen molar-refractivity contribution in [3.8, 4) is 11.5 Å². The Hall–Kier alpha value is -4.13. The van der Waals surface area contributed by atoms with Gasteiger partial charge in [0.15, 0.2) is 0 Å². The lowest BCUT2D eigenvalue weighted by Gasteiger charge is -2.17. The van der Waals surface area contributed by atoms with Gasteiger partial charge < -0.3 is 10.1 Å². The van der Waals surface area contributed by atoms with Gasteiger partial charge in [0.25, 0.3) is 0 Å². The molecule has 0 saturated carbocycles. The molecule has 33 heavy (non-hydrogen) atoms. The van der Waals surface area contributed by atoms with Gasteiger partial charge in [-0.05, 0) is 62.7 Å². The number of para-hydroxylation sites is 1. The highest BCUT2D eigenvalue weighted by atomic mass is 16.5. The van der Waals surface area contributed by atoms with Crippen LogP contribution in [0, 0.1) is 6.92 Å². The summed E-state index contributed by atoms with van der Waals surface area (Å²) in [5.41, 5.74) is 1.76. The van der Waals surface area contributed by atoms with E-state index >= 15 is 0 Å². The van der Waals surface area contributed by atoms with Crippen molar-refractivity contribution in [3.63, 3.8) is 0 Å². The van der Waals surface area contributed by atoms with Gasteiger partial charge in [-0.25, -0.2) is 14.2 Å². The zero-order valence-electron chi connectivity index (χ0n) is 18.9. The van der Waals surface area contributed by atoms with Crippen molar-refractivity contribution in [2.45, 2.75) is 33.4 Å². The third-order valence-corrected chi connectivity index (χ3v) is 5.17. The molecule has 168 valence electrons. The molecule has 0 amide bonds. The molecule has 7 heteroatoms. The molecule has 0 saturated heterocycles. The number of aromatic nitrogens is 3. The van der Waals surface area contributed by atoms with Crippen LogP contribution in [-0.2, 0) is 6.54 Å². The molecule has 1 N–H and O–H groups in total. The fraction of sp³-hybridized carbons (Fsp3) is 0.192. The second-order valence-electron chi connectivity index (χ2n) is 8.10. The van der Waals surface area contributed by atoms with Gasteiger partial charge in [-0.3, -0.25) is 4.57 Å². The zero-order chi connectivity index (χ0) is 23.4. The van der Waals surface area contributed by atoms with Gasteiger partial charge in [0.05, 0.1) is 6.54 Å². The molecule has 1 aromatic heterocycles. The highest BCUT2D eigenvalue weighted by Gasteiger charge is 2.16. The molecule has 7 nitrogen and oxygen atoms in total. The molecule has 0 atom stereocenters. The van der Waals surface area contributed by atoms with E-state index in [1.54, 1.807) is 13.8 Å². The highest BCUT2D eigenvalue weighted by molar-refractivity contribution is 5.55. The Morgan fingerprint density at radius 1 is 0.879 bits per heavy atom. The van der Waals surface area contributed by atoms with Crippen molar-refractivity contribution in [3.05, 3.63) is 111 Å². The van der Waals surface area contributed by atoms with Crippen molar-refractivity contribution in [1.29, 1.82) is 0 Å². The summed E-state index contributed by atoms with van der Waals surface area (Å²) in [5, 5.41) is 3.13. The molecule has 0 radical (unpaired) electrons. The summed E-state index contributed by atoms with van der Waals surface area (Å²) in [6.45, 7) is 5.88. The van der Waals surface area contributed by atoms with Crippen molar-refractivity contribution >= 4 is 11.6 Å². The van der Waals surface area contributed by atoms with Gasteiger partial charge in [0.2, 0.25) is 5.95 Å². The van der Waals surface area contributed by atoms with Crippen LogP contribution >= 0.6 is 0 Å². The molecular formula is C26H26N4O3. The molecule has 4 rings (SSSR count). The van der Waals surface area contributed by atoms with E-state index < -0.39 is 11.4 Å². The smallest absolute Gasteiger partial charge is 0.355 e. The number of ether oxygens (including phenoxy) is 1. The van der Waals surface area contributed by atoms with Crippen LogP contribution in [0.15, 0.2) is 88.5 Å². The number of benzene rings is 3. The molecule has 1 heterocycles. The first-order chi connectivity index (χ1) is 15.9. The first-order valence-electron chi connectivity index (χ1n) is 10.8. The lowest BCUT2D eigenvalue weighted by Crippen LogP contribution is -2.43. The highest BCUT2D eigenvalue weighted by Crippen LogP contribution is 2.23. The van der Waals surface area contributed by atoms with Crippen LogP contribution in [0.1, 0.15) is 31.0 Å². The first-order valence-corrected chi connectivity index (χ1v) is 10.8. The van der Waals surface area contributed by atoms with Gasteiger partial charge in [-0.2, -0.15) is 4.98 Å². The van der Waals surface area contributed by atoms with Crippen LogP contribution in [0.3, 0.4) is 0 Å². The Morgan fingerprint density at radius 3 is 2.15 bits per heavy atom. The van der Waals surface area contributed by atoms with E-state index in [4.69, 9.17) is 4.74 Å². The number of nitrogens with one attached hydrogen (secondary N) is 1. The molecule has 0 spiro atoms. The van der Waals surface area contributed by atoms with Gasteiger partial charge >= 0.3 is 11.4 Å². The largest absolute Gasteiger partial charge is 0.457 e. The summed E-state index contributed by atoms with van der Waals surface area (Å²) in [5.74, 6) is 1.61. The Kier molecular flexibility index (Phi) is 6.40. The van der Waals surface area contributed by atoms with Crippen LogP contribution in [0.2, 0.25) is 0 Å². The molecular weight excluding hydrogens is 416 g/mol. The SMILES string of the molecule is Cc1ccc(Cn2c(Nc3ccc(Oc4ccccc4)cc3)nc(=O)n(C(C)C)c2=O)cc1. The quantitative estimate of drug-likeness (QED) is 0.441. The summed E-state index contributed by atoms with van der Waals surface area (Å²) in [7, 11) is 0. The molecule has 0 fully saturated rings. The van der Waals surface area contributed by atoms with Crippen molar-refractivity contribution in [2.75, 3.05) is 5.32 Å². The third kappa shape index (κ3) is 5.20. The average Bonchev–Trinajstić information content (AvgIpc) is 2.79. The monoisotopic (exact) mass is 442 g/mol. The van der Waals surface area contributed by atoms with Gasteiger partial charge in [-0.1, -0.05) is 48.0 Å². The normalized spacial score (nSPS) is 10.9. The standard InChI is InChI=1S/C26H26N4O3/c1-18(2)30-25(31)28-24(29(26(30)32)17-20-11-9-19(3)10-12-20)27-21-13-15-23(16-14-21)33-22-7-5-4-6-8-22/h4-16,18H,17H2,1-3H3,(H,27,28,31). The second kappa shape index (κ2) is 9.56. The number of nitrogens with zero attached hydrogens (tertiary/aromatic N) is 3. The fourth-order valence-corrected chi connectivity index (χ4v) is 3.42. The van der Waals surface area contributed by atoms with E-state index in [0.717, 1.165) is 21.4 Å². The summed E-state index contributed by atoms with van der Waals surface area (Å²) < 4.78 is 8.47. The molecule has 0 unspecified atom stereocenters. The summed E-state index contributed by atoms with van der Waals surface area (Å²) in [4.78, 5) is 30.0. The lowest BCUT2D eigenvalue weighted by atomic mass is 10.1. The van der Waals surface area contributed by atoms with Crippen LogP contribution in [0.4, 0.5) is 11.6 Å². The van der Waals surface area contributed by atoms with E-state index in [0.29, 0.717) is 11.4 Å². The fourth-order valence-electron chi connectivity index (χ4n) is 3.42. The van der Waals surface area contributed by atoms with Crippen molar-refractivity contribution in [1.82, 2.24) is 14.1 Å². The maximum Gasteiger partial charge on any atom is 0.355 e. The third-order valence-electron chi connectivity index (χ3n) is 5.17. The maximum atomic E-state index is 13.2. The minimum absolute atomic E-state index is 0.194. The summed E-state index contributed by atoms with van der Waals surface area (Å²) >= 11 is 0. The van der Waals surface area contributed by atoms with Crippen LogP contribution in [-0.4, -0.2) is 14.1 Å². The Labute approximate surface area is 191 Å². The first kappa shape index (κ1) is 22.1. The van der Waals surface area contributed by atoms with E-state index in [-0.39, 0.29) is 18.5 Å². The summed E-state index contributed by atoms with van der Waals surface area (Å²) in [6.07, 6.45) is 0. The van der Waals surface area contributed by atoms with E-state index in [1.165, 1.54) is 4.57 Å². The number of hydrogen-bond acceptors (Lipinski definition) is 5. The topological polar surface area (TPSA) is 78.2 Å². The molecule has 0 aliphatic carbocycles. The zero-order valence-corrected chi connectivity index (χ0v) is 18.9. The van der Waals surface area contributed by atoms with Crippen molar-refractivity contribution in [2.24, 2.45) is 0 Å². The Bertz CT molecular complexity index is 1340. The van der Waals surface area contributed by atoms with Gasteiger partial charge in [0.1, 0.15) is 11.5 Å². The molecule has 0 bridgehead atoms. The number of rotatable bonds is 7. The molecule has 0 aliphatic heterocycles. The minimum atomic E-state index is -0.582. The van der Waals surface area contributed by atoms with E-state index in [2.05, 4.69) is 10.3 Å². The Morgan fingerprint density at radius 2 is 1.52 bits per heavy atom. The van der Waals surface area contributed by atoms with Crippen LogP contribution < -0.4 is 21.4 Å². The van der Waals surface area contributed by atoms with Gasteiger partial charge in [-0.15, -0.1) is 0 Å². The summed E-state index contributed by atoms with van der Waals surface area (Å²) in [6, 6.07) is 24.4. The van der Waals surface area contributed by atoms with Crippen LogP contribution in [0.5, 0.6) is 11.5 Å². The second-order valence-corrected chi connectivity index (χ2v) is 8.10. The molecule has 4 aromatic rings. The minimum Gasteiger partial charge on any atom is -0.457 e. The van der Waals surface area contributed by atoms with E-state index in [9.17, 15) is 9.59 Å². The van der Waals surface area contributed by atoms with Crippen LogP contribution in [0.25, 0.3) is 0 Å². The number of aryl methyl sites for hydroxylation is 1. The lowest BCUT2D eigenvalue weighted by molar-refractivity contribution is 0.482. The number of anilines is 2. The molecule has 0 aliphatic rings. The maximum absolute atomic E-state index is 13.2. The molecule has 3 aromatic carbocycles. The average molecular weight is 443 g/mol. The van der Waals surface area contributed by atoms with Gasteiger partial charge in [0, 0.05) is 11.7 Å². The number of hydrogen-bond donors (Lipinski definition) is 1. The van der Waals surface area contributed by atoms with E-state index in [1.807, 2.05) is 85.8 Å². The predicted molar refractivity (Wildman–Crippen MR) is 130 cm³/mol.